The lowest BCUT2D eigenvalue weighted by atomic mass is 10.1. The molecule has 0 saturated heterocycles. The van der Waals surface area contributed by atoms with Crippen molar-refractivity contribution in [2.24, 2.45) is 0 Å². The SMILES string of the molecule is CCOC(=O)c1c(NC(=O)CSc2nnc(CNC(=O)c3cccs3)n2-c2cccc(Cl)c2)sc2c1CCCCC2. The van der Waals surface area contributed by atoms with Gasteiger partial charge in [-0.2, -0.15) is 0 Å². The van der Waals surface area contributed by atoms with E-state index in [0.717, 1.165) is 42.5 Å². The van der Waals surface area contributed by atoms with Gasteiger partial charge in [-0.05, 0) is 67.8 Å². The van der Waals surface area contributed by atoms with E-state index in [1.165, 1.54) is 34.4 Å². The van der Waals surface area contributed by atoms with Crippen molar-refractivity contribution in [3.63, 3.8) is 0 Å². The molecule has 9 nitrogen and oxygen atoms in total. The van der Waals surface area contributed by atoms with Crippen molar-refractivity contribution in [2.45, 2.75) is 50.7 Å². The average molecular weight is 630 g/mol. The maximum absolute atomic E-state index is 13.1. The molecule has 2 amide bonds. The Morgan fingerprint density at radius 3 is 2.76 bits per heavy atom. The first-order chi connectivity index (χ1) is 19.9. The summed E-state index contributed by atoms with van der Waals surface area (Å²) in [7, 11) is 0. The number of thiophene rings is 2. The number of halogens is 1. The normalized spacial score (nSPS) is 12.8. The van der Waals surface area contributed by atoms with Gasteiger partial charge in [0.05, 0.1) is 35.0 Å². The number of aryl methyl sites for hydroxylation is 1. The second-order valence-corrected chi connectivity index (χ2v) is 12.6. The summed E-state index contributed by atoms with van der Waals surface area (Å²) in [5.74, 6) is -0.354. The van der Waals surface area contributed by atoms with Gasteiger partial charge in [-0.25, -0.2) is 4.79 Å². The van der Waals surface area contributed by atoms with Gasteiger partial charge < -0.3 is 15.4 Å². The fourth-order valence-corrected chi connectivity index (χ4v) is 7.47. The molecule has 0 aliphatic heterocycles. The van der Waals surface area contributed by atoms with E-state index < -0.39 is 5.97 Å². The Kier molecular flexibility index (Phi) is 9.76. The summed E-state index contributed by atoms with van der Waals surface area (Å²) in [5.41, 5.74) is 2.19. The van der Waals surface area contributed by atoms with E-state index in [9.17, 15) is 14.4 Å². The Morgan fingerprint density at radius 2 is 1.98 bits per heavy atom. The minimum Gasteiger partial charge on any atom is -0.462 e. The standard InChI is InChI=1S/C28H28ClN5O4S3/c1-2-38-27(37)24-19-10-4-3-5-11-20(19)41-26(24)31-23(35)16-40-28-33-32-22(15-30-25(36)21-12-7-13-39-21)34(28)18-9-6-8-17(29)14-18/h6-9,12-14H,2-5,10-11,15-16H2,1H3,(H,30,36)(H,31,35). The van der Waals surface area contributed by atoms with Crippen LogP contribution in [0, 0.1) is 0 Å². The second kappa shape index (κ2) is 13.6. The molecule has 0 spiro atoms. The zero-order valence-electron chi connectivity index (χ0n) is 22.3. The van der Waals surface area contributed by atoms with Gasteiger partial charge in [-0.3, -0.25) is 14.2 Å². The molecule has 2 N–H and O–H groups in total. The van der Waals surface area contributed by atoms with Crippen molar-refractivity contribution >= 4 is 68.8 Å². The van der Waals surface area contributed by atoms with Gasteiger partial charge in [0, 0.05) is 9.90 Å². The first-order valence-electron chi connectivity index (χ1n) is 13.2. The van der Waals surface area contributed by atoms with Crippen molar-refractivity contribution < 1.29 is 19.1 Å². The van der Waals surface area contributed by atoms with Crippen molar-refractivity contribution in [2.75, 3.05) is 17.7 Å². The van der Waals surface area contributed by atoms with Gasteiger partial charge in [0.25, 0.3) is 5.91 Å². The molecule has 41 heavy (non-hydrogen) atoms. The largest absolute Gasteiger partial charge is 0.462 e. The summed E-state index contributed by atoms with van der Waals surface area (Å²) in [6.45, 7) is 2.17. The van der Waals surface area contributed by atoms with Crippen LogP contribution in [0.2, 0.25) is 5.02 Å². The monoisotopic (exact) mass is 629 g/mol. The Bertz CT molecular complexity index is 1550. The first kappa shape index (κ1) is 29.3. The van der Waals surface area contributed by atoms with Gasteiger partial charge in [0.15, 0.2) is 11.0 Å². The molecule has 4 aromatic rings. The number of hydrogen-bond donors (Lipinski definition) is 2. The van der Waals surface area contributed by atoms with E-state index in [2.05, 4.69) is 20.8 Å². The number of amides is 2. The third-order valence-corrected chi connectivity index (χ3v) is 9.64. The van der Waals surface area contributed by atoms with Crippen LogP contribution in [0.4, 0.5) is 5.00 Å². The predicted molar refractivity (Wildman–Crippen MR) is 163 cm³/mol. The van der Waals surface area contributed by atoms with Gasteiger partial charge in [-0.15, -0.1) is 32.9 Å². The maximum Gasteiger partial charge on any atom is 0.341 e. The van der Waals surface area contributed by atoms with Crippen LogP contribution in [0.1, 0.15) is 62.5 Å². The summed E-state index contributed by atoms with van der Waals surface area (Å²) >= 11 is 10.3. The summed E-state index contributed by atoms with van der Waals surface area (Å²) in [6.07, 6.45) is 4.89. The number of nitrogens with zero attached hydrogens (tertiary/aromatic N) is 3. The molecule has 3 heterocycles. The highest BCUT2D eigenvalue weighted by molar-refractivity contribution is 7.99. The van der Waals surface area contributed by atoms with Crippen LogP contribution in [-0.2, 0) is 28.9 Å². The fraction of sp³-hybridized carbons (Fsp3) is 0.321. The molecule has 13 heteroatoms. The molecule has 0 fully saturated rings. The number of thioether (sulfide) groups is 1. The van der Waals surface area contributed by atoms with Crippen LogP contribution < -0.4 is 10.6 Å². The molecule has 5 rings (SSSR count). The highest BCUT2D eigenvalue weighted by Gasteiger charge is 2.27. The summed E-state index contributed by atoms with van der Waals surface area (Å²) in [5, 5.41) is 17.8. The quantitative estimate of drug-likeness (QED) is 0.123. The Balaban J connectivity index is 1.33. The average Bonchev–Trinajstić information content (AvgIpc) is 3.67. The van der Waals surface area contributed by atoms with E-state index in [1.54, 1.807) is 29.7 Å². The number of nitrogens with one attached hydrogen (secondary N) is 2. The van der Waals surface area contributed by atoms with Gasteiger partial charge in [-0.1, -0.05) is 41.9 Å². The molecule has 0 bridgehead atoms. The number of benzene rings is 1. The molecule has 0 atom stereocenters. The lowest BCUT2D eigenvalue weighted by Crippen LogP contribution is -2.24. The van der Waals surface area contributed by atoms with E-state index in [4.69, 9.17) is 16.3 Å². The molecule has 214 valence electrons. The Labute approximate surface area is 254 Å². The zero-order chi connectivity index (χ0) is 28.8. The predicted octanol–water partition coefficient (Wildman–Crippen LogP) is 6.15. The van der Waals surface area contributed by atoms with Crippen LogP contribution >= 0.6 is 46.0 Å². The number of fused-ring (bicyclic) bond motifs is 1. The van der Waals surface area contributed by atoms with E-state index in [0.29, 0.717) is 37.1 Å². The van der Waals surface area contributed by atoms with Gasteiger partial charge in [0.2, 0.25) is 5.91 Å². The number of anilines is 1. The van der Waals surface area contributed by atoms with Crippen molar-refractivity contribution in [1.29, 1.82) is 0 Å². The molecular weight excluding hydrogens is 602 g/mol. The lowest BCUT2D eigenvalue weighted by Gasteiger charge is -2.11. The third-order valence-electron chi connectivity index (χ3n) is 6.40. The highest BCUT2D eigenvalue weighted by atomic mass is 35.5. The van der Waals surface area contributed by atoms with E-state index >= 15 is 0 Å². The minimum atomic E-state index is -0.398. The molecule has 1 aromatic carbocycles. The van der Waals surface area contributed by atoms with Crippen molar-refractivity contribution in [1.82, 2.24) is 20.1 Å². The molecule has 1 aliphatic rings. The van der Waals surface area contributed by atoms with Gasteiger partial charge in [0.1, 0.15) is 5.00 Å². The van der Waals surface area contributed by atoms with E-state index in [-0.39, 0.29) is 30.7 Å². The summed E-state index contributed by atoms with van der Waals surface area (Å²) in [6, 6.07) is 10.8. The van der Waals surface area contributed by atoms with Crippen LogP contribution in [0.5, 0.6) is 0 Å². The number of ether oxygens (including phenoxy) is 1. The Hall–Kier alpha value is -3.19. The number of carbonyl (C=O) groups is 3. The summed E-state index contributed by atoms with van der Waals surface area (Å²) < 4.78 is 7.11. The van der Waals surface area contributed by atoms with Gasteiger partial charge >= 0.3 is 5.97 Å². The minimum absolute atomic E-state index is 0.0328. The van der Waals surface area contributed by atoms with Crippen molar-refractivity contribution in [3.05, 3.63) is 73.5 Å². The van der Waals surface area contributed by atoms with Crippen LogP contribution in [-0.4, -0.2) is 44.9 Å². The number of hydrogen-bond acceptors (Lipinski definition) is 9. The molecule has 0 unspecified atom stereocenters. The smallest absolute Gasteiger partial charge is 0.341 e. The Morgan fingerprint density at radius 1 is 1.12 bits per heavy atom. The number of rotatable bonds is 10. The van der Waals surface area contributed by atoms with Crippen molar-refractivity contribution in [3.8, 4) is 5.69 Å². The van der Waals surface area contributed by atoms with Crippen LogP contribution in [0.25, 0.3) is 5.69 Å². The lowest BCUT2D eigenvalue weighted by molar-refractivity contribution is -0.113. The van der Waals surface area contributed by atoms with Crippen LogP contribution in [0.3, 0.4) is 0 Å². The molecule has 0 saturated carbocycles. The third kappa shape index (κ3) is 7.00. The second-order valence-electron chi connectivity index (χ2n) is 9.20. The zero-order valence-corrected chi connectivity index (χ0v) is 25.5. The number of carbonyl (C=O) groups excluding carboxylic acids is 3. The molecule has 3 aromatic heterocycles. The van der Waals surface area contributed by atoms with Crippen LogP contribution in [0.15, 0.2) is 46.9 Å². The first-order valence-corrected chi connectivity index (χ1v) is 16.3. The molecule has 0 radical (unpaired) electrons. The summed E-state index contributed by atoms with van der Waals surface area (Å²) in [4.78, 5) is 40.3. The molecular formula is C28H28ClN5O4S3. The highest BCUT2D eigenvalue weighted by Crippen LogP contribution is 2.38. The topological polar surface area (TPSA) is 115 Å². The molecule has 1 aliphatic carbocycles. The van der Waals surface area contributed by atoms with E-state index in [1.807, 2.05) is 23.6 Å². The number of aromatic nitrogens is 3. The fourth-order valence-electron chi connectivity index (χ4n) is 4.58. The maximum atomic E-state index is 13.1. The number of esters is 1.